The van der Waals surface area contributed by atoms with Crippen LogP contribution in [0.4, 0.5) is 5.69 Å². The topological polar surface area (TPSA) is 78.4 Å². The second-order valence-electron chi connectivity index (χ2n) is 3.04. The van der Waals surface area contributed by atoms with Gasteiger partial charge in [0.15, 0.2) is 5.37 Å². The fourth-order valence-electron chi connectivity index (χ4n) is 1.50. The van der Waals surface area contributed by atoms with Crippen molar-refractivity contribution in [1.82, 2.24) is 5.32 Å². The van der Waals surface area contributed by atoms with Crippen LogP contribution in [0.15, 0.2) is 24.3 Å². The van der Waals surface area contributed by atoms with Crippen LogP contribution in [0.3, 0.4) is 0 Å². The molecule has 3 N–H and O–H groups in total. The SMILES string of the molecule is O=S(=O)(O)C1NCNc2ccccc21. The molecule has 1 unspecified atom stereocenters. The molecule has 0 radical (unpaired) electrons. The smallest absolute Gasteiger partial charge is 0.285 e. The van der Waals surface area contributed by atoms with E-state index in [0.29, 0.717) is 12.2 Å². The number of fused-ring (bicyclic) bond motifs is 1. The van der Waals surface area contributed by atoms with E-state index in [1.165, 1.54) is 0 Å². The number of hydrogen-bond donors (Lipinski definition) is 3. The average molecular weight is 214 g/mol. The molecule has 1 atom stereocenters. The Balaban J connectivity index is 2.51. The van der Waals surface area contributed by atoms with Crippen molar-refractivity contribution in [2.24, 2.45) is 0 Å². The summed E-state index contributed by atoms with van der Waals surface area (Å²) in [6.45, 7) is 0.321. The van der Waals surface area contributed by atoms with Crippen LogP contribution in [0.5, 0.6) is 0 Å². The number of rotatable bonds is 1. The molecule has 0 amide bonds. The normalized spacial score (nSPS) is 21.1. The van der Waals surface area contributed by atoms with Gasteiger partial charge in [-0.05, 0) is 6.07 Å². The number of benzene rings is 1. The van der Waals surface area contributed by atoms with Crippen LogP contribution in [0.2, 0.25) is 0 Å². The molecule has 2 rings (SSSR count). The average Bonchev–Trinajstić information content (AvgIpc) is 2.15. The summed E-state index contributed by atoms with van der Waals surface area (Å²) in [4.78, 5) is 0. The number of anilines is 1. The molecule has 1 aliphatic heterocycles. The van der Waals surface area contributed by atoms with Crippen molar-refractivity contribution in [2.45, 2.75) is 5.37 Å². The van der Waals surface area contributed by atoms with Gasteiger partial charge in [0.25, 0.3) is 10.1 Å². The largest absolute Gasteiger partial charge is 0.372 e. The molecule has 0 bridgehead atoms. The molecule has 1 aliphatic rings. The first-order valence-electron chi connectivity index (χ1n) is 4.11. The molecule has 5 nitrogen and oxygen atoms in total. The lowest BCUT2D eigenvalue weighted by atomic mass is 10.1. The Morgan fingerprint density at radius 3 is 2.79 bits per heavy atom. The van der Waals surface area contributed by atoms with Crippen LogP contribution in [-0.4, -0.2) is 19.6 Å². The molecule has 1 heterocycles. The first kappa shape index (κ1) is 9.45. The van der Waals surface area contributed by atoms with Crippen molar-refractivity contribution in [3.05, 3.63) is 29.8 Å². The van der Waals surface area contributed by atoms with Crippen LogP contribution >= 0.6 is 0 Å². The van der Waals surface area contributed by atoms with Gasteiger partial charge in [0.05, 0.1) is 6.67 Å². The van der Waals surface area contributed by atoms with Gasteiger partial charge in [-0.1, -0.05) is 18.2 Å². The van der Waals surface area contributed by atoms with Crippen LogP contribution in [0.25, 0.3) is 0 Å². The van der Waals surface area contributed by atoms with Crippen molar-refractivity contribution in [3.8, 4) is 0 Å². The maximum Gasteiger partial charge on any atom is 0.285 e. The van der Waals surface area contributed by atoms with E-state index in [2.05, 4.69) is 10.6 Å². The van der Waals surface area contributed by atoms with Crippen molar-refractivity contribution in [1.29, 1.82) is 0 Å². The number of hydrogen-bond acceptors (Lipinski definition) is 4. The zero-order valence-corrected chi connectivity index (χ0v) is 8.08. The van der Waals surface area contributed by atoms with E-state index in [1.54, 1.807) is 24.3 Å². The van der Waals surface area contributed by atoms with Crippen molar-refractivity contribution < 1.29 is 13.0 Å². The van der Waals surface area contributed by atoms with E-state index >= 15 is 0 Å². The predicted octanol–water partition coefficient (Wildman–Crippen LogP) is 0.546. The van der Waals surface area contributed by atoms with Crippen molar-refractivity contribution >= 4 is 15.8 Å². The fraction of sp³-hybridized carbons (Fsp3) is 0.250. The lowest BCUT2D eigenvalue weighted by Gasteiger charge is -2.25. The summed E-state index contributed by atoms with van der Waals surface area (Å²) in [5.74, 6) is 0. The molecular formula is C8H10N2O3S. The minimum atomic E-state index is -4.09. The Morgan fingerprint density at radius 1 is 1.36 bits per heavy atom. The molecule has 1 aromatic carbocycles. The zero-order chi connectivity index (χ0) is 10.2. The third-order valence-corrected chi connectivity index (χ3v) is 3.12. The van der Waals surface area contributed by atoms with Gasteiger partial charge in [0.2, 0.25) is 0 Å². The number of nitrogens with one attached hydrogen (secondary N) is 2. The van der Waals surface area contributed by atoms with Gasteiger partial charge in [-0.3, -0.25) is 9.87 Å². The third-order valence-electron chi connectivity index (χ3n) is 2.11. The highest BCUT2D eigenvalue weighted by Gasteiger charge is 2.29. The molecule has 0 aliphatic carbocycles. The maximum atomic E-state index is 11.0. The molecule has 1 aromatic rings. The van der Waals surface area contributed by atoms with Gasteiger partial charge in [0, 0.05) is 11.3 Å². The lowest BCUT2D eigenvalue weighted by molar-refractivity contribution is 0.453. The van der Waals surface area contributed by atoms with Crippen molar-refractivity contribution in [3.63, 3.8) is 0 Å². The summed E-state index contributed by atoms with van der Waals surface area (Å²) in [5.41, 5.74) is 1.27. The lowest BCUT2D eigenvalue weighted by Crippen LogP contribution is -2.37. The molecule has 0 spiro atoms. The summed E-state index contributed by atoms with van der Waals surface area (Å²) in [5, 5.41) is 4.62. The molecular weight excluding hydrogens is 204 g/mol. The highest BCUT2D eigenvalue weighted by molar-refractivity contribution is 7.86. The molecule has 6 heteroatoms. The Morgan fingerprint density at radius 2 is 2.07 bits per heavy atom. The van der Waals surface area contributed by atoms with Gasteiger partial charge in [-0.2, -0.15) is 8.42 Å². The van der Waals surface area contributed by atoms with Crippen molar-refractivity contribution in [2.75, 3.05) is 12.0 Å². The highest BCUT2D eigenvalue weighted by atomic mass is 32.2. The Labute approximate surface area is 81.9 Å². The molecule has 0 saturated heterocycles. The minimum Gasteiger partial charge on any atom is -0.372 e. The summed E-state index contributed by atoms with van der Waals surface area (Å²) < 4.78 is 31.0. The Kier molecular flexibility index (Phi) is 2.18. The Bertz CT molecular complexity index is 444. The Hall–Kier alpha value is -1.11. The van der Waals surface area contributed by atoms with Crippen LogP contribution in [-0.2, 0) is 10.1 Å². The van der Waals surface area contributed by atoms with E-state index in [1.807, 2.05) is 0 Å². The summed E-state index contributed by atoms with van der Waals surface area (Å²) in [6, 6.07) is 6.96. The van der Waals surface area contributed by atoms with E-state index in [9.17, 15) is 8.42 Å². The number of para-hydroxylation sites is 1. The van der Waals surface area contributed by atoms with Gasteiger partial charge in [0.1, 0.15) is 0 Å². The monoisotopic (exact) mass is 214 g/mol. The first-order chi connectivity index (χ1) is 6.59. The fourth-order valence-corrected chi connectivity index (χ4v) is 2.32. The van der Waals surface area contributed by atoms with E-state index < -0.39 is 15.5 Å². The summed E-state index contributed by atoms with van der Waals surface area (Å²) in [7, 11) is -4.09. The molecule has 76 valence electrons. The van der Waals surface area contributed by atoms with Gasteiger partial charge < -0.3 is 5.32 Å². The molecule has 14 heavy (non-hydrogen) atoms. The standard InChI is InChI=1S/C8H10N2O3S/c11-14(12,13)8-6-3-1-2-4-7(6)9-5-10-8/h1-4,8-10H,5H2,(H,11,12,13). The highest BCUT2D eigenvalue weighted by Crippen LogP contribution is 2.28. The zero-order valence-electron chi connectivity index (χ0n) is 7.27. The van der Waals surface area contributed by atoms with Crippen LogP contribution in [0.1, 0.15) is 10.9 Å². The van der Waals surface area contributed by atoms with Gasteiger partial charge in [-0.15, -0.1) is 0 Å². The second-order valence-corrected chi connectivity index (χ2v) is 4.54. The maximum absolute atomic E-state index is 11.0. The summed E-state index contributed by atoms with van der Waals surface area (Å²) >= 11 is 0. The quantitative estimate of drug-likeness (QED) is 0.595. The molecule has 0 fully saturated rings. The van der Waals surface area contributed by atoms with E-state index in [4.69, 9.17) is 4.55 Å². The first-order valence-corrected chi connectivity index (χ1v) is 5.62. The predicted molar refractivity (Wildman–Crippen MR) is 52.4 cm³/mol. The van der Waals surface area contributed by atoms with Gasteiger partial charge >= 0.3 is 0 Å². The van der Waals surface area contributed by atoms with Gasteiger partial charge in [-0.25, -0.2) is 0 Å². The van der Waals surface area contributed by atoms with E-state index in [0.717, 1.165) is 5.69 Å². The van der Waals surface area contributed by atoms with Crippen LogP contribution in [0, 0.1) is 0 Å². The van der Waals surface area contributed by atoms with Crippen LogP contribution < -0.4 is 10.6 Å². The molecule has 0 saturated carbocycles. The minimum absolute atomic E-state index is 0.321. The van der Waals surface area contributed by atoms with E-state index in [-0.39, 0.29) is 0 Å². The third kappa shape index (κ3) is 1.59. The molecule has 0 aromatic heterocycles. The summed E-state index contributed by atoms with van der Waals surface area (Å²) in [6.07, 6.45) is 0. The second kappa shape index (κ2) is 3.23.